The molecule has 2 unspecified atom stereocenters. The lowest BCUT2D eigenvalue weighted by molar-refractivity contribution is 0.301. The summed E-state index contributed by atoms with van der Waals surface area (Å²) in [5.74, 6) is 0.394. The molecular weight excluding hydrogens is 239 g/mol. The third-order valence-corrected chi connectivity index (χ3v) is 5.06. The van der Waals surface area contributed by atoms with E-state index in [4.69, 9.17) is 5.73 Å². The quantitative estimate of drug-likeness (QED) is 0.888. The van der Waals surface area contributed by atoms with Crippen molar-refractivity contribution in [1.82, 2.24) is 0 Å². The van der Waals surface area contributed by atoms with Crippen LogP contribution in [0.2, 0.25) is 0 Å². The second-order valence-electron chi connectivity index (χ2n) is 6.78. The molecule has 1 aliphatic heterocycles. The maximum Gasteiger partial charge on any atom is 0.125 e. The molecule has 2 N–H and O–H groups in total. The summed E-state index contributed by atoms with van der Waals surface area (Å²) >= 11 is 0. The number of benzene rings is 1. The van der Waals surface area contributed by atoms with Crippen molar-refractivity contribution in [3.63, 3.8) is 0 Å². The molecule has 104 valence electrons. The van der Waals surface area contributed by atoms with Crippen LogP contribution in [0.1, 0.15) is 32.3 Å². The SMILES string of the molecule is CC1(C)CCC(CN2CCc3ccc(F)cc32)C1N. The smallest absolute Gasteiger partial charge is 0.125 e. The van der Waals surface area contributed by atoms with Crippen molar-refractivity contribution in [2.75, 3.05) is 18.0 Å². The Morgan fingerprint density at radius 2 is 2.21 bits per heavy atom. The van der Waals surface area contributed by atoms with Crippen molar-refractivity contribution >= 4 is 5.69 Å². The Balaban J connectivity index is 1.75. The van der Waals surface area contributed by atoms with Crippen molar-refractivity contribution in [3.05, 3.63) is 29.6 Å². The molecule has 1 aromatic rings. The molecule has 19 heavy (non-hydrogen) atoms. The number of rotatable bonds is 2. The van der Waals surface area contributed by atoms with Gasteiger partial charge in [-0.05, 0) is 48.3 Å². The van der Waals surface area contributed by atoms with Crippen molar-refractivity contribution in [2.24, 2.45) is 17.1 Å². The van der Waals surface area contributed by atoms with Gasteiger partial charge >= 0.3 is 0 Å². The maximum absolute atomic E-state index is 13.4. The number of nitrogens with two attached hydrogens (primary N) is 1. The van der Waals surface area contributed by atoms with E-state index in [0.29, 0.717) is 5.92 Å². The van der Waals surface area contributed by atoms with Crippen LogP contribution in [0.4, 0.5) is 10.1 Å². The molecule has 0 aromatic heterocycles. The van der Waals surface area contributed by atoms with E-state index < -0.39 is 0 Å². The molecule has 0 bridgehead atoms. The molecule has 2 nitrogen and oxygen atoms in total. The first kappa shape index (κ1) is 12.9. The number of nitrogens with zero attached hydrogens (tertiary/aromatic N) is 1. The zero-order valence-electron chi connectivity index (χ0n) is 11.8. The van der Waals surface area contributed by atoms with Crippen LogP contribution in [0.15, 0.2) is 18.2 Å². The van der Waals surface area contributed by atoms with Crippen LogP contribution in [0.5, 0.6) is 0 Å². The zero-order chi connectivity index (χ0) is 13.6. The fourth-order valence-corrected chi connectivity index (χ4v) is 3.64. The van der Waals surface area contributed by atoms with Gasteiger partial charge in [0.2, 0.25) is 0 Å². The first-order valence-corrected chi connectivity index (χ1v) is 7.26. The van der Waals surface area contributed by atoms with Gasteiger partial charge in [0, 0.05) is 24.8 Å². The molecule has 0 saturated heterocycles. The Labute approximate surface area is 114 Å². The second-order valence-corrected chi connectivity index (χ2v) is 6.78. The summed E-state index contributed by atoms with van der Waals surface area (Å²) in [5, 5.41) is 0. The van der Waals surface area contributed by atoms with Gasteiger partial charge in [-0.3, -0.25) is 0 Å². The number of hydrogen-bond donors (Lipinski definition) is 1. The van der Waals surface area contributed by atoms with Gasteiger partial charge in [0.1, 0.15) is 5.82 Å². The van der Waals surface area contributed by atoms with Crippen molar-refractivity contribution in [2.45, 2.75) is 39.2 Å². The molecule has 2 atom stereocenters. The van der Waals surface area contributed by atoms with E-state index in [1.807, 2.05) is 6.07 Å². The summed E-state index contributed by atoms with van der Waals surface area (Å²) in [4.78, 5) is 2.32. The summed E-state index contributed by atoms with van der Waals surface area (Å²) in [6.07, 6.45) is 3.42. The zero-order valence-corrected chi connectivity index (χ0v) is 11.8. The first-order valence-electron chi connectivity index (χ1n) is 7.26. The molecule has 0 radical (unpaired) electrons. The molecule has 2 aliphatic rings. The van der Waals surface area contributed by atoms with Gasteiger partial charge in [-0.15, -0.1) is 0 Å². The van der Waals surface area contributed by atoms with Crippen LogP contribution >= 0.6 is 0 Å². The third-order valence-electron chi connectivity index (χ3n) is 5.06. The van der Waals surface area contributed by atoms with Crippen LogP contribution in [-0.2, 0) is 6.42 Å². The highest BCUT2D eigenvalue weighted by Gasteiger charge is 2.40. The Morgan fingerprint density at radius 3 is 2.89 bits per heavy atom. The summed E-state index contributed by atoms with van der Waals surface area (Å²) in [6, 6.07) is 5.41. The largest absolute Gasteiger partial charge is 0.371 e. The molecule has 1 saturated carbocycles. The second kappa shape index (κ2) is 4.48. The lowest BCUT2D eigenvalue weighted by atomic mass is 9.85. The molecular formula is C16H23FN2. The lowest BCUT2D eigenvalue weighted by Gasteiger charge is -2.30. The van der Waals surface area contributed by atoms with Crippen molar-refractivity contribution in [3.8, 4) is 0 Å². The van der Waals surface area contributed by atoms with Crippen molar-refractivity contribution < 1.29 is 4.39 Å². The Kier molecular flexibility index (Phi) is 3.05. The van der Waals surface area contributed by atoms with Gasteiger partial charge < -0.3 is 10.6 Å². The predicted molar refractivity (Wildman–Crippen MR) is 76.8 cm³/mol. The predicted octanol–water partition coefficient (Wildman–Crippen LogP) is 2.95. The van der Waals surface area contributed by atoms with Gasteiger partial charge in [0.25, 0.3) is 0 Å². The number of halogens is 1. The highest BCUT2D eigenvalue weighted by molar-refractivity contribution is 5.58. The topological polar surface area (TPSA) is 29.3 Å². The van der Waals surface area contributed by atoms with Crippen LogP contribution < -0.4 is 10.6 Å². The molecule has 0 spiro atoms. The monoisotopic (exact) mass is 262 g/mol. The molecule has 3 rings (SSSR count). The minimum absolute atomic E-state index is 0.137. The summed E-state index contributed by atoms with van der Waals surface area (Å²) < 4.78 is 13.4. The maximum atomic E-state index is 13.4. The van der Waals surface area contributed by atoms with E-state index in [9.17, 15) is 4.39 Å². The Morgan fingerprint density at radius 1 is 1.42 bits per heavy atom. The number of fused-ring (bicyclic) bond motifs is 1. The molecule has 1 aliphatic carbocycles. The lowest BCUT2D eigenvalue weighted by Crippen LogP contribution is -2.41. The van der Waals surface area contributed by atoms with Gasteiger partial charge in [0.05, 0.1) is 0 Å². The van der Waals surface area contributed by atoms with Crippen LogP contribution in [0.25, 0.3) is 0 Å². The van der Waals surface area contributed by atoms with Gasteiger partial charge in [0.15, 0.2) is 0 Å². The summed E-state index contributed by atoms with van der Waals surface area (Å²) in [7, 11) is 0. The molecule has 1 fully saturated rings. The average Bonchev–Trinajstić information content (AvgIpc) is 2.86. The molecule has 1 aromatic carbocycles. The fraction of sp³-hybridized carbons (Fsp3) is 0.625. The van der Waals surface area contributed by atoms with Crippen LogP contribution in [0, 0.1) is 17.2 Å². The third kappa shape index (κ3) is 2.25. The van der Waals surface area contributed by atoms with Gasteiger partial charge in [-0.2, -0.15) is 0 Å². The summed E-state index contributed by atoms with van der Waals surface area (Å²) in [6.45, 7) is 6.49. The number of hydrogen-bond acceptors (Lipinski definition) is 2. The average molecular weight is 262 g/mol. The fourth-order valence-electron chi connectivity index (χ4n) is 3.64. The molecule has 3 heteroatoms. The van der Waals surface area contributed by atoms with Crippen LogP contribution in [-0.4, -0.2) is 19.1 Å². The highest BCUT2D eigenvalue weighted by atomic mass is 19.1. The van der Waals surface area contributed by atoms with E-state index in [2.05, 4.69) is 18.7 Å². The Hall–Kier alpha value is -1.09. The summed E-state index contributed by atoms with van der Waals surface area (Å²) in [5.41, 5.74) is 8.98. The van der Waals surface area contributed by atoms with Gasteiger partial charge in [-0.25, -0.2) is 4.39 Å². The van der Waals surface area contributed by atoms with Crippen LogP contribution in [0.3, 0.4) is 0 Å². The van der Waals surface area contributed by atoms with E-state index >= 15 is 0 Å². The normalized spacial score (nSPS) is 28.7. The van der Waals surface area contributed by atoms with E-state index in [1.165, 1.54) is 18.4 Å². The van der Waals surface area contributed by atoms with Crippen molar-refractivity contribution in [1.29, 1.82) is 0 Å². The van der Waals surface area contributed by atoms with E-state index in [-0.39, 0.29) is 17.3 Å². The number of anilines is 1. The van der Waals surface area contributed by atoms with E-state index in [1.54, 1.807) is 12.1 Å². The minimum atomic E-state index is -0.137. The Bertz CT molecular complexity index is 484. The first-order chi connectivity index (χ1) is 8.97. The highest BCUT2D eigenvalue weighted by Crippen LogP contribution is 2.41. The van der Waals surface area contributed by atoms with E-state index in [0.717, 1.165) is 25.2 Å². The minimum Gasteiger partial charge on any atom is -0.371 e. The molecule has 0 amide bonds. The van der Waals surface area contributed by atoms with Gasteiger partial charge in [-0.1, -0.05) is 19.9 Å². The molecule has 1 heterocycles. The standard InChI is InChI=1S/C16H23FN2/c1-16(2)7-5-12(15(16)18)10-19-8-6-11-3-4-13(17)9-14(11)19/h3-4,9,12,15H,5-8,10,18H2,1-2H3.